The summed E-state index contributed by atoms with van der Waals surface area (Å²) < 4.78 is 28.0. The van der Waals surface area contributed by atoms with Crippen LogP contribution in [0.5, 0.6) is 0 Å². The van der Waals surface area contributed by atoms with Gasteiger partial charge in [0.25, 0.3) is 10.0 Å². The van der Waals surface area contributed by atoms with Gasteiger partial charge in [0.15, 0.2) is 0 Å². The number of halogens is 1. The Kier molecular flexibility index (Phi) is 8.04. The number of anilines is 1. The minimum Gasteiger partial charge on any atom is -0.350 e. The molecule has 0 aliphatic carbocycles. The van der Waals surface area contributed by atoms with E-state index in [-0.39, 0.29) is 31.3 Å². The van der Waals surface area contributed by atoms with E-state index in [0.29, 0.717) is 28.4 Å². The van der Waals surface area contributed by atoms with Gasteiger partial charge in [0, 0.05) is 35.5 Å². The van der Waals surface area contributed by atoms with Crippen molar-refractivity contribution in [3.8, 4) is 0 Å². The summed E-state index contributed by atoms with van der Waals surface area (Å²) in [5.41, 5.74) is 1.05. The van der Waals surface area contributed by atoms with Crippen molar-refractivity contribution in [2.24, 2.45) is 0 Å². The minimum absolute atomic E-state index is 0.102. The lowest BCUT2D eigenvalue weighted by molar-refractivity contribution is -0.142. The SMILES string of the molecule is CCC(C(=O)NC(C)(C)C)N(Cc1ccc(Cl)cc1)C(=O)CCCN1c2cccc3cccc(c23)S1(=O)=O. The highest BCUT2D eigenvalue weighted by molar-refractivity contribution is 7.93. The van der Waals surface area contributed by atoms with E-state index in [2.05, 4.69) is 5.32 Å². The van der Waals surface area contributed by atoms with Crippen LogP contribution >= 0.6 is 11.6 Å². The Hall–Kier alpha value is -3.10. The predicted molar refractivity (Wildman–Crippen MR) is 152 cm³/mol. The Morgan fingerprint density at radius 1 is 1.03 bits per heavy atom. The maximum atomic E-state index is 13.6. The van der Waals surface area contributed by atoms with Gasteiger partial charge in [-0.3, -0.25) is 13.9 Å². The summed E-state index contributed by atoms with van der Waals surface area (Å²) in [7, 11) is -3.69. The van der Waals surface area contributed by atoms with Crippen LogP contribution < -0.4 is 9.62 Å². The summed E-state index contributed by atoms with van der Waals surface area (Å²) in [5.74, 6) is -0.422. The average Bonchev–Trinajstić information content (AvgIpc) is 3.07. The second-order valence-corrected chi connectivity index (χ2v) is 12.9. The van der Waals surface area contributed by atoms with Gasteiger partial charge < -0.3 is 10.2 Å². The van der Waals surface area contributed by atoms with Crippen molar-refractivity contribution in [3.63, 3.8) is 0 Å². The minimum atomic E-state index is -3.69. The normalized spacial score (nSPS) is 14.9. The lowest BCUT2D eigenvalue weighted by Crippen LogP contribution is -2.53. The van der Waals surface area contributed by atoms with Gasteiger partial charge in [-0.2, -0.15) is 0 Å². The molecule has 3 aromatic rings. The highest BCUT2D eigenvalue weighted by Gasteiger charge is 2.36. The molecule has 1 unspecified atom stereocenters. The quantitative estimate of drug-likeness (QED) is 0.377. The average molecular weight is 556 g/mol. The van der Waals surface area contributed by atoms with Gasteiger partial charge in [0.2, 0.25) is 11.8 Å². The first kappa shape index (κ1) is 27.9. The van der Waals surface area contributed by atoms with Gasteiger partial charge in [0.05, 0.1) is 10.6 Å². The zero-order valence-electron chi connectivity index (χ0n) is 22.2. The van der Waals surface area contributed by atoms with E-state index in [4.69, 9.17) is 11.6 Å². The molecule has 202 valence electrons. The molecule has 1 N–H and O–H groups in total. The first-order chi connectivity index (χ1) is 17.9. The third kappa shape index (κ3) is 5.81. The summed E-state index contributed by atoms with van der Waals surface area (Å²) in [6, 6.07) is 17.3. The smallest absolute Gasteiger partial charge is 0.265 e. The van der Waals surface area contributed by atoms with Crippen molar-refractivity contribution in [3.05, 3.63) is 71.2 Å². The number of carbonyl (C=O) groups is 2. The second kappa shape index (κ2) is 10.9. The molecule has 3 aromatic carbocycles. The fourth-order valence-electron chi connectivity index (χ4n) is 4.88. The lowest BCUT2D eigenvalue weighted by atomic mass is 10.0. The second-order valence-electron chi connectivity index (χ2n) is 10.6. The van der Waals surface area contributed by atoms with Crippen LogP contribution in [0.3, 0.4) is 0 Å². The van der Waals surface area contributed by atoms with E-state index >= 15 is 0 Å². The van der Waals surface area contributed by atoms with Gasteiger partial charge in [-0.15, -0.1) is 0 Å². The maximum absolute atomic E-state index is 13.6. The van der Waals surface area contributed by atoms with Crippen molar-refractivity contribution in [2.75, 3.05) is 10.8 Å². The first-order valence-electron chi connectivity index (χ1n) is 12.8. The number of hydrogen-bond donors (Lipinski definition) is 1. The topological polar surface area (TPSA) is 86.8 Å². The molecular formula is C29H34ClN3O4S. The maximum Gasteiger partial charge on any atom is 0.265 e. The van der Waals surface area contributed by atoms with Crippen LogP contribution in [0.25, 0.3) is 10.8 Å². The zero-order valence-corrected chi connectivity index (χ0v) is 23.8. The summed E-state index contributed by atoms with van der Waals surface area (Å²) in [4.78, 5) is 28.6. The molecule has 38 heavy (non-hydrogen) atoms. The molecule has 1 aliphatic rings. The van der Waals surface area contributed by atoms with E-state index in [0.717, 1.165) is 16.3 Å². The van der Waals surface area contributed by atoms with Crippen LogP contribution in [0, 0.1) is 0 Å². The van der Waals surface area contributed by atoms with Crippen LogP contribution in [0.1, 0.15) is 52.5 Å². The van der Waals surface area contributed by atoms with Crippen LogP contribution in [-0.2, 0) is 26.2 Å². The van der Waals surface area contributed by atoms with E-state index in [9.17, 15) is 18.0 Å². The largest absolute Gasteiger partial charge is 0.350 e. The summed E-state index contributed by atoms with van der Waals surface area (Å²) in [6.07, 6.45) is 0.862. The molecular weight excluding hydrogens is 522 g/mol. The summed E-state index contributed by atoms with van der Waals surface area (Å²) in [5, 5.41) is 5.17. The van der Waals surface area contributed by atoms with E-state index in [1.807, 2.05) is 58.0 Å². The number of nitrogens with one attached hydrogen (secondary N) is 1. The number of sulfonamides is 1. The Bertz CT molecular complexity index is 1440. The van der Waals surface area contributed by atoms with Gasteiger partial charge >= 0.3 is 0 Å². The van der Waals surface area contributed by atoms with Crippen molar-refractivity contribution in [1.82, 2.24) is 10.2 Å². The number of amides is 2. The standard InChI is InChI=1S/C29H34ClN3O4S/c1-5-23(28(35)31-29(2,3)4)32(19-20-14-16-22(30)17-15-20)26(34)13-8-18-33-24-11-6-9-21-10-7-12-25(27(21)24)38(33,36)37/h6-7,9-12,14-17,23H,5,8,13,18-19H2,1-4H3,(H,31,35). The van der Waals surface area contributed by atoms with Crippen molar-refractivity contribution in [2.45, 2.75) is 70.0 Å². The third-order valence-corrected chi connectivity index (χ3v) is 8.69. The van der Waals surface area contributed by atoms with E-state index in [1.54, 1.807) is 35.2 Å². The monoisotopic (exact) mass is 555 g/mol. The van der Waals surface area contributed by atoms with Crippen molar-refractivity contribution >= 4 is 49.9 Å². The van der Waals surface area contributed by atoms with Crippen molar-refractivity contribution < 1.29 is 18.0 Å². The number of hydrogen-bond acceptors (Lipinski definition) is 4. The van der Waals surface area contributed by atoms with E-state index < -0.39 is 21.6 Å². The summed E-state index contributed by atoms with van der Waals surface area (Å²) in [6.45, 7) is 8.00. The Morgan fingerprint density at radius 3 is 2.32 bits per heavy atom. The molecule has 0 radical (unpaired) electrons. The van der Waals surface area contributed by atoms with Gasteiger partial charge in [-0.05, 0) is 68.8 Å². The number of nitrogens with zero attached hydrogens (tertiary/aromatic N) is 2. The molecule has 2 amide bonds. The molecule has 0 saturated heterocycles. The molecule has 0 bridgehead atoms. The van der Waals surface area contributed by atoms with Crippen molar-refractivity contribution in [1.29, 1.82) is 0 Å². The third-order valence-electron chi connectivity index (χ3n) is 6.58. The van der Waals surface area contributed by atoms with Crippen LogP contribution in [0.2, 0.25) is 5.02 Å². The number of carbonyl (C=O) groups excluding carboxylic acids is 2. The zero-order chi connectivity index (χ0) is 27.7. The van der Waals surface area contributed by atoms with Gasteiger partial charge in [-0.1, -0.05) is 54.9 Å². The highest BCUT2D eigenvalue weighted by Crippen LogP contribution is 2.42. The molecule has 0 spiro atoms. The van der Waals surface area contributed by atoms with Crippen LogP contribution in [0.4, 0.5) is 5.69 Å². The molecule has 0 aromatic heterocycles. The Labute approximate surface area is 229 Å². The number of benzene rings is 3. The predicted octanol–water partition coefficient (Wildman–Crippen LogP) is 5.50. The fourth-order valence-corrected chi connectivity index (χ4v) is 6.75. The fraction of sp³-hybridized carbons (Fsp3) is 0.379. The van der Waals surface area contributed by atoms with Gasteiger partial charge in [-0.25, -0.2) is 8.42 Å². The molecule has 0 saturated carbocycles. The number of rotatable bonds is 9. The van der Waals surface area contributed by atoms with Crippen LogP contribution in [0.15, 0.2) is 65.6 Å². The van der Waals surface area contributed by atoms with Gasteiger partial charge in [0.1, 0.15) is 6.04 Å². The molecule has 1 heterocycles. The Morgan fingerprint density at radius 2 is 1.68 bits per heavy atom. The van der Waals surface area contributed by atoms with Crippen LogP contribution in [-0.4, -0.2) is 43.3 Å². The molecule has 7 nitrogen and oxygen atoms in total. The summed E-state index contributed by atoms with van der Waals surface area (Å²) >= 11 is 6.04. The highest BCUT2D eigenvalue weighted by atomic mass is 35.5. The molecule has 1 aliphatic heterocycles. The molecule has 0 fully saturated rings. The lowest BCUT2D eigenvalue weighted by Gasteiger charge is -2.33. The molecule has 4 rings (SSSR count). The molecule has 9 heteroatoms. The Balaban J connectivity index is 1.53. The molecule has 1 atom stereocenters. The van der Waals surface area contributed by atoms with E-state index in [1.165, 1.54) is 4.31 Å². The first-order valence-corrected chi connectivity index (χ1v) is 14.6.